The second-order valence-corrected chi connectivity index (χ2v) is 8.74. The van der Waals surface area contributed by atoms with E-state index < -0.39 is 11.9 Å². The standard InChI is InChI=1S/2C11H14N2.C2H2O4/c2*1-2-4-10(5-3-1)13-7-6-11(13)8-12-9-11;3-1(4)2(5)6/h2*1-5,12H,6-9H2;(H,3,4)(H,5,6). The van der Waals surface area contributed by atoms with Gasteiger partial charge in [-0.1, -0.05) is 36.4 Å². The van der Waals surface area contributed by atoms with Gasteiger partial charge in [0.05, 0.1) is 11.1 Å². The second-order valence-electron chi connectivity index (χ2n) is 8.74. The largest absolute Gasteiger partial charge is 0.473 e. The lowest BCUT2D eigenvalue weighted by Gasteiger charge is -2.60. The SMILES string of the molecule is O=C(O)C(=O)O.c1ccc(N2CCC23CNC3)cc1.c1ccc(N2CCC23CNC3)cc1. The van der Waals surface area contributed by atoms with Crippen LogP contribution in [-0.2, 0) is 9.59 Å². The molecule has 32 heavy (non-hydrogen) atoms. The van der Waals surface area contributed by atoms with E-state index in [2.05, 4.69) is 81.1 Å². The van der Waals surface area contributed by atoms with Crippen LogP contribution in [0.3, 0.4) is 0 Å². The molecule has 0 aromatic heterocycles. The average molecular weight is 439 g/mol. The van der Waals surface area contributed by atoms with Gasteiger partial charge in [-0.25, -0.2) is 9.59 Å². The van der Waals surface area contributed by atoms with Gasteiger partial charge in [0, 0.05) is 50.6 Å². The highest BCUT2D eigenvalue weighted by atomic mass is 16.4. The van der Waals surface area contributed by atoms with Gasteiger partial charge < -0.3 is 30.6 Å². The van der Waals surface area contributed by atoms with E-state index in [9.17, 15) is 0 Å². The Morgan fingerprint density at radius 1 is 0.656 bits per heavy atom. The molecule has 4 fully saturated rings. The second kappa shape index (κ2) is 9.18. The Labute approximate surface area is 187 Å². The lowest BCUT2D eigenvalue weighted by atomic mass is 9.79. The summed E-state index contributed by atoms with van der Waals surface area (Å²) in [6.45, 7) is 7.13. The molecule has 2 aromatic rings. The van der Waals surface area contributed by atoms with Gasteiger partial charge in [0.1, 0.15) is 0 Å². The number of para-hydroxylation sites is 2. The maximum Gasteiger partial charge on any atom is 0.414 e. The predicted molar refractivity (Wildman–Crippen MR) is 123 cm³/mol. The number of nitrogens with one attached hydrogen (secondary N) is 2. The Hall–Kier alpha value is -3.10. The van der Waals surface area contributed by atoms with Crippen LogP contribution < -0.4 is 20.4 Å². The van der Waals surface area contributed by atoms with Gasteiger partial charge in [-0.3, -0.25) is 0 Å². The highest BCUT2D eigenvalue weighted by molar-refractivity contribution is 6.27. The Morgan fingerprint density at radius 2 is 1.00 bits per heavy atom. The van der Waals surface area contributed by atoms with Crippen molar-refractivity contribution in [1.29, 1.82) is 0 Å². The molecule has 2 spiro atoms. The number of rotatable bonds is 2. The molecule has 2 aromatic carbocycles. The quantitative estimate of drug-likeness (QED) is 0.525. The summed E-state index contributed by atoms with van der Waals surface area (Å²) in [6, 6.07) is 21.5. The average Bonchev–Trinajstić information content (AvgIpc) is 2.67. The molecule has 8 heteroatoms. The number of carboxylic acid groups (broad SMARTS) is 2. The Kier molecular flexibility index (Phi) is 6.34. The maximum absolute atomic E-state index is 9.10. The number of hydrogen-bond donors (Lipinski definition) is 4. The van der Waals surface area contributed by atoms with E-state index in [0.717, 1.165) is 0 Å². The zero-order chi connectivity index (χ0) is 22.6. The fourth-order valence-corrected chi connectivity index (χ4v) is 4.66. The normalized spacial score (nSPS) is 20.8. The van der Waals surface area contributed by atoms with Crippen LogP contribution in [0.25, 0.3) is 0 Å². The molecule has 0 bridgehead atoms. The number of hydrogen-bond acceptors (Lipinski definition) is 6. The lowest BCUT2D eigenvalue weighted by Crippen LogP contribution is -2.76. The zero-order valence-electron chi connectivity index (χ0n) is 18.0. The third-order valence-corrected chi connectivity index (χ3v) is 6.88. The van der Waals surface area contributed by atoms with Gasteiger partial charge in [-0.05, 0) is 37.1 Å². The third kappa shape index (κ3) is 4.28. The fourth-order valence-electron chi connectivity index (χ4n) is 4.66. The van der Waals surface area contributed by atoms with Gasteiger partial charge in [0.25, 0.3) is 0 Å². The number of carboxylic acids is 2. The number of aliphatic carboxylic acids is 2. The predicted octanol–water partition coefficient (Wildman–Crippen LogP) is 1.63. The van der Waals surface area contributed by atoms with Crippen LogP contribution in [0, 0.1) is 0 Å². The molecule has 4 aliphatic heterocycles. The molecule has 0 saturated carbocycles. The summed E-state index contributed by atoms with van der Waals surface area (Å²) < 4.78 is 0. The molecule has 4 N–H and O–H groups in total. The van der Waals surface area contributed by atoms with Crippen molar-refractivity contribution >= 4 is 23.3 Å². The van der Waals surface area contributed by atoms with E-state index in [0.29, 0.717) is 11.1 Å². The summed E-state index contributed by atoms with van der Waals surface area (Å²) >= 11 is 0. The molecule has 6 rings (SSSR count). The molecule has 0 amide bonds. The molecular weight excluding hydrogens is 408 g/mol. The van der Waals surface area contributed by atoms with E-state index >= 15 is 0 Å². The first kappa shape index (κ1) is 22.1. The summed E-state index contributed by atoms with van der Waals surface area (Å²) in [6.07, 6.45) is 2.71. The maximum atomic E-state index is 9.10. The summed E-state index contributed by atoms with van der Waals surface area (Å²) in [7, 11) is 0. The molecule has 4 aliphatic rings. The third-order valence-electron chi connectivity index (χ3n) is 6.88. The molecule has 170 valence electrons. The van der Waals surface area contributed by atoms with Crippen LogP contribution in [0.5, 0.6) is 0 Å². The van der Waals surface area contributed by atoms with Crippen LogP contribution in [0.4, 0.5) is 11.4 Å². The van der Waals surface area contributed by atoms with Gasteiger partial charge in [0.15, 0.2) is 0 Å². The van der Waals surface area contributed by atoms with E-state index in [4.69, 9.17) is 19.8 Å². The number of anilines is 2. The molecule has 0 atom stereocenters. The van der Waals surface area contributed by atoms with Crippen molar-refractivity contribution in [1.82, 2.24) is 10.6 Å². The van der Waals surface area contributed by atoms with Crippen molar-refractivity contribution in [3.05, 3.63) is 60.7 Å². The minimum Gasteiger partial charge on any atom is -0.473 e. The Morgan fingerprint density at radius 3 is 1.19 bits per heavy atom. The van der Waals surface area contributed by atoms with Crippen molar-refractivity contribution in [3.8, 4) is 0 Å². The minimum atomic E-state index is -1.82. The van der Waals surface area contributed by atoms with Crippen LogP contribution >= 0.6 is 0 Å². The first-order valence-electron chi connectivity index (χ1n) is 11.0. The van der Waals surface area contributed by atoms with Crippen molar-refractivity contribution < 1.29 is 19.8 Å². The van der Waals surface area contributed by atoms with Crippen molar-refractivity contribution in [2.24, 2.45) is 0 Å². The summed E-state index contributed by atoms with van der Waals surface area (Å²) in [5, 5.41) is 21.5. The van der Waals surface area contributed by atoms with Gasteiger partial charge in [-0.2, -0.15) is 0 Å². The molecule has 0 unspecified atom stereocenters. The van der Waals surface area contributed by atoms with E-state index in [1.807, 2.05) is 0 Å². The number of carbonyl (C=O) groups is 2. The van der Waals surface area contributed by atoms with Crippen molar-refractivity contribution in [3.63, 3.8) is 0 Å². The molecule has 4 saturated heterocycles. The summed E-state index contributed by atoms with van der Waals surface area (Å²) in [5.41, 5.74) is 3.74. The monoisotopic (exact) mass is 438 g/mol. The highest BCUT2D eigenvalue weighted by Gasteiger charge is 2.49. The fraction of sp³-hybridized carbons (Fsp3) is 0.417. The number of benzene rings is 2. The zero-order valence-corrected chi connectivity index (χ0v) is 18.0. The summed E-state index contributed by atoms with van der Waals surface area (Å²) in [5.74, 6) is -3.65. The van der Waals surface area contributed by atoms with Crippen LogP contribution in [0.1, 0.15) is 12.8 Å². The van der Waals surface area contributed by atoms with Gasteiger partial charge in [-0.15, -0.1) is 0 Å². The minimum absolute atomic E-state index is 0.487. The van der Waals surface area contributed by atoms with E-state index in [1.165, 1.54) is 63.5 Å². The molecule has 8 nitrogen and oxygen atoms in total. The summed E-state index contributed by atoms with van der Waals surface area (Å²) in [4.78, 5) is 23.3. The van der Waals surface area contributed by atoms with E-state index in [1.54, 1.807) is 0 Å². The van der Waals surface area contributed by atoms with Crippen molar-refractivity contribution in [2.75, 3.05) is 49.1 Å². The lowest BCUT2D eigenvalue weighted by molar-refractivity contribution is -0.159. The molecule has 4 heterocycles. The van der Waals surface area contributed by atoms with Gasteiger partial charge in [0.2, 0.25) is 0 Å². The van der Waals surface area contributed by atoms with Crippen LogP contribution in [-0.4, -0.2) is 72.5 Å². The smallest absolute Gasteiger partial charge is 0.414 e. The molecule has 0 aliphatic carbocycles. The first-order valence-corrected chi connectivity index (χ1v) is 11.0. The van der Waals surface area contributed by atoms with Gasteiger partial charge >= 0.3 is 11.9 Å². The molecule has 0 radical (unpaired) electrons. The Balaban J connectivity index is 0.000000124. The van der Waals surface area contributed by atoms with E-state index in [-0.39, 0.29) is 0 Å². The topological polar surface area (TPSA) is 105 Å². The van der Waals surface area contributed by atoms with Crippen LogP contribution in [0.2, 0.25) is 0 Å². The highest BCUT2D eigenvalue weighted by Crippen LogP contribution is 2.39. The van der Waals surface area contributed by atoms with Crippen LogP contribution in [0.15, 0.2) is 60.7 Å². The number of nitrogens with zero attached hydrogens (tertiary/aromatic N) is 2. The first-order chi connectivity index (χ1) is 15.5. The molecular formula is C24H30N4O4. The van der Waals surface area contributed by atoms with Crippen molar-refractivity contribution in [2.45, 2.75) is 23.9 Å². The Bertz CT molecular complexity index is 841.